The van der Waals surface area contributed by atoms with Crippen LogP contribution in [0.5, 0.6) is 0 Å². The molecule has 0 bridgehead atoms. The summed E-state index contributed by atoms with van der Waals surface area (Å²) in [4.78, 5) is 0.237. The molecule has 0 atom stereocenters. The molecule has 0 amide bonds. The van der Waals surface area contributed by atoms with Gasteiger partial charge in [0.15, 0.2) is 0 Å². The van der Waals surface area contributed by atoms with Crippen molar-refractivity contribution >= 4 is 15.7 Å². The number of hydrogen-bond donors (Lipinski definition) is 2. The maximum absolute atomic E-state index is 12.4. The van der Waals surface area contributed by atoms with E-state index in [-0.39, 0.29) is 4.90 Å². The highest BCUT2D eigenvalue weighted by atomic mass is 32.2. The van der Waals surface area contributed by atoms with Crippen LogP contribution in [0.3, 0.4) is 0 Å². The largest absolute Gasteiger partial charge is 0.326 e. The first-order valence-electron chi connectivity index (χ1n) is 6.87. The van der Waals surface area contributed by atoms with Crippen molar-refractivity contribution in [1.29, 1.82) is 0 Å². The smallest absolute Gasteiger partial charge is 0.261 e. The van der Waals surface area contributed by atoms with Crippen molar-refractivity contribution in [3.63, 3.8) is 0 Å². The van der Waals surface area contributed by atoms with Gasteiger partial charge in [-0.3, -0.25) is 4.72 Å². The van der Waals surface area contributed by atoms with Crippen LogP contribution >= 0.6 is 0 Å². The van der Waals surface area contributed by atoms with E-state index in [1.54, 1.807) is 24.3 Å². The standard InChI is InChI=1S/C16H20N2O2S/c1-3-13-6-9-16(10-14(13)11-17)21(19,20)18-15-7-4-12(2)5-8-15/h4-10,18H,3,11,17H2,1-2H3. The van der Waals surface area contributed by atoms with E-state index in [1.807, 2.05) is 32.0 Å². The molecule has 0 fully saturated rings. The maximum Gasteiger partial charge on any atom is 0.261 e. The zero-order chi connectivity index (χ0) is 15.5. The molecule has 0 saturated heterocycles. The minimum absolute atomic E-state index is 0.237. The van der Waals surface area contributed by atoms with Crippen molar-refractivity contribution < 1.29 is 8.42 Å². The van der Waals surface area contributed by atoms with E-state index in [0.29, 0.717) is 12.2 Å². The van der Waals surface area contributed by atoms with E-state index in [4.69, 9.17) is 5.73 Å². The SMILES string of the molecule is CCc1ccc(S(=O)(=O)Nc2ccc(C)cc2)cc1CN. The molecule has 0 radical (unpaired) electrons. The Balaban J connectivity index is 2.33. The highest BCUT2D eigenvalue weighted by Gasteiger charge is 2.15. The minimum atomic E-state index is -3.59. The van der Waals surface area contributed by atoms with Crippen molar-refractivity contribution in [2.75, 3.05) is 4.72 Å². The molecule has 0 heterocycles. The van der Waals surface area contributed by atoms with Gasteiger partial charge in [0.25, 0.3) is 10.0 Å². The number of anilines is 1. The first kappa shape index (κ1) is 15.5. The molecule has 0 spiro atoms. The monoisotopic (exact) mass is 304 g/mol. The van der Waals surface area contributed by atoms with Crippen LogP contribution in [0.1, 0.15) is 23.6 Å². The summed E-state index contributed by atoms with van der Waals surface area (Å²) in [7, 11) is -3.59. The lowest BCUT2D eigenvalue weighted by molar-refractivity contribution is 0.601. The highest BCUT2D eigenvalue weighted by molar-refractivity contribution is 7.92. The third-order valence-corrected chi connectivity index (χ3v) is 4.77. The fourth-order valence-corrected chi connectivity index (χ4v) is 3.25. The summed E-state index contributed by atoms with van der Waals surface area (Å²) >= 11 is 0. The number of rotatable bonds is 5. The van der Waals surface area contributed by atoms with Crippen LogP contribution in [0, 0.1) is 6.92 Å². The van der Waals surface area contributed by atoms with Crippen molar-refractivity contribution in [2.45, 2.75) is 31.7 Å². The molecule has 2 aromatic carbocycles. The van der Waals surface area contributed by atoms with Crippen molar-refractivity contribution in [1.82, 2.24) is 0 Å². The van der Waals surface area contributed by atoms with Gasteiger partial charge in [0.1, 0.15) is 0 Å². The Bertz CT molecular complexity index is 722. The quantitative estimate of drug-likeness (QED) is 0.892. The Kier molecular flexibility index (Phi) is 4.65. The van der Waals surface area contributed by atoms with Crippen molar-refractivity contribution in [3.8, 4) is 0 Å². The molecule has 0 saturated carbocycles. The van der Waals surface area contributed by atoms with Gasteiger partial charge in [0, 0.05) is 12.2 Å². The Morgan fingerprint density at radius 2 is 1.71 bits per heavy atom. The number of aryl methyl sites for hydroxylation is 2. The summed E-state index contributed by atoms with van der Waals surface area (Å²) in [6, 6.07) is 12.3. The minimum Gasteiger partial charge on any atom is -0.326 e. The molecule has 0 aliphatic rings. The molecule has 0 aromatic heterocycles. The Morgan fingerprint density at radius 3 is 2.29 bits per heavy atom. The Hall–Kier alpha value is -1.85. The summed E-state index contributed by atoms with van der Waals surface area (Å²) in [6.45, 7) is 4.31. The van der Waals surface area contributed by atoms with Gasteiger partial charge in [-0.25, -0.2) is 8.42 Å². The van der Waals surface area contributed by atoms with Gasteiger partial charge in [0.05, 0.1) is 4.90 Å². The van der Waals surface area contributed by atoms with Crippen LogP contribution in [0.25, 0.3) is 0 Å². The third-order valence-electron chi connectivity index (χ3n) is 3.39. The van der Waals surface area contributed by atoms with Gasteiger partial charge >= 0.3 is 0 Å². The Morgan fingerprint density at radius 1 is 1.05 bits per heavy atom. The van der Waals surface area contributed by atoms with E-state index < -0.39 is 10.0 Å². The van der Waals surface area contributed by atoms with Gasteiger partial charge < -0.3 is 5.73 Å². The highest BCUT2D eigenvalue weighted by Crippen LogP contribution is 2.20. The lowest BCUT2D eigenvalue weighted by Crippen LogP contribution is -2.14. The predicted molar refractivity (Wildman–Crippen MR) is 85.7 cm³/mol. The van der Waals surface area contributed by atoms with Gasteiger partial charge in [-0.1, -0.05) is 30.7 Å². The lowest BCUT2D eigenvalue weighted by Gasteiger charge is -2.11. The van der Waals surface area contributed by atoms with E-state index in [1.165, 1.54) is 0 Å². The average molecular weight is 304 g/mol. The number of hydrogen-bond acceptors (Lipinski definition) is 3. The topological polar surface area (TPSA) is 72.2 Å². The molecule has 3 N–H and O–H groups in total. The number of nitrogens with two attached hydrogens (primary N) is 1. The molecular formula is C16H20N2O2S. The van der Waals surface area contributed by atoms with Gasteiger partial charge in [-0.05, 0) is 48.7 Å². The molecule has 0 aliphatic heterocycles. The van der Waals surface area contributed by atoms with E-state index in [0.717, 1.165) is 23.1 Å². The summed E-state index contributed by atoms with van der Waals surface area (Å²) in [5.74, 6) is 0. The van der Waals surface area contributed by atoms with Crippen molar-refractivity contribution in [3.05, 3.63) is 59.2 Å². The molecule has 5 heteroatoms. The van der Waals surface area contributed by atoms with Gasteiger partial charge in [-0.2, -0.15) is 0 Å². The summed E-state index contributed by atoms with van der Waals surface area (Å²) in [5.41, 5.74) is 9.26. The first-order valence-corrected chi connectivity index (χ1v) is 8.36. The van der Waals surface area contributed by atoms with E-state index in [9.17, 15) is 8.42 Å². The molecule has 2 aromatic rings. The summed E-state index contributed by atoms with van der Waals surface area (Å²) in [6.07, 6.45) is 0.832. The van der Waals surface area contributed by atoms with E-state index in [2.05, 4.69) is 4.72 Å². The zero-order valence-electron chi connectivity index (χ0n) is 12.3. The van der Waals surface area contributed by atoms with Gasteiger partial charge in [-0.15, -0.1) is 0 Å². The molecule has 21 heavy (non-hydrogen) atoms. The molecule has 0 aliphatic carbocycles. The second-order valence-corrected chi connectivity index (χ2v) is 6.64. The molecule has 4 nitrogen and oxygen atoms in total. The van der Waals surface area contributed by atoms with Crippen LogP contribution in [-0.2, 0) is 23.0 Å². The zero-order valence-corrected chi connectivity index (χ0v) is 13.1. The third kappa shape index (κ3) is 3.62. The number of sulfonamides is 1. The lowest BCUT2D eigenvalue weighted by atomic mass is 10.1. The molecule has 112 valence electrons. The van der Waals surface area contributed by atoms with Gasteiger partial charge in [0.2, 0.25) is 0 Å². The molecule has 2 rings (SSSR count). The fraction of sp³-hybridized carbons (Fsp3) is 0.250. The maximum atomic E-state index is 12.4. The van der Waals surface area contributed by atoms with Crippen LogP contribution in [0.15, 0.2) is 47.4 Å². The number of nitrogens with one attached hydrogen (secondary N) is 1. The van der Waals surface area contributed by atoms with E-state index >= 15 is 0 Å². The summed E-state index contributed by atoms with van der Waals surface area (Å²) in [5, 5.41) is 0. The second kappa shape index (κ2) is 6.28. The van der Waals surface area contributed by atoms with Crippen LogP contribution in [0.2, 0.25) is 0 Å². The molecule has 0 unspecified atom stereocenters. The second-order valence-electron chi connectivity index (χ2n) is 4.96. The number of benzene rings is 2. The average Bonchev–Trinajstić information content (AvgIpc) is 2.48. The van der Waals surface area contributed by atoms with Crippen LogP contribution in [-0.4, -0.2) is 8.42 Å². The fourth-order valence-electron chi connectivity index (χ4n) is 2.14. The Labute approximate surface area is 126 Å². The van der Waals surface area contributed by atoms with Crippen LogP contribution < -0.4 is 10.5 Å². The van der Waals surface area contributed by atoms with Crippen LogP contribution in [0.4, 0.5) is 5.69 Å². The molecular weight excluding hydrogens is 284 g/mol. The normalized spacial score (nSPS) is 11.4. The summed E-state index contributed by atoms with van der Waals surface area (Å²) < 4.78 is 27.4. The first-order chi connectivity index (χ1) is 9.96. The predicted octanol–water partition coefficient (Wildman–Crippen LogP) is 2.82. The van der Waals surface area contributed by atoms with Crippen molar-refractivity contribution in [2.24, 2.45) is 5.73 Å².